The molecule has 0 aliphatic carbocycles. The van der Waals surface area contributed by atoms with Crippen LogP contribution in [0.4, 0.5) is 10.1 Å². The molecular formula is C14H11ClFNO4. The number of hydrogen-bond acceptors (Lipinski definition) is 4. The van der Waals surface area contributed by atoms with Gasteiger partial charge in [0.15, 0.2) is 11.6 Å². The third kappa shape index (κ3) is 3.48. The van der Waals surface area contributed by atoms with E-state index in [1.165, 1.54) is 31.2 Å². The fourth-order valence-corrected chi connectivity index (χ4v) is 1.88. The van der Waals surface area contributed by atoms with Crippen molar-refractivity contribution in [3.63, 3.8) is 0 Å². The molecule has 110 valence electrons. The van der Waals surface area contributed by atoms with Crippen molar-refractivity contribution in [3.8, 4) is 11.5 Å². The zero-order valence-corrected chi connectivity index (χ0v) is 11.7. The van der Waals surface area contributed by atoms with Crippen LogP contribution in [0.25, 0.3) is 0 Å². The summed E-state index contributed by atoms with van der Waals surface area (Å²) in [5, 5.41) is 20.0. The first-order valence-electron chi connectivity index (χ1n) is 5.98. The summed E-state index contributed by atoms with van der Waals surface area (Å²) in [7, 11) is 0. The number of nitro groups is 1. The van der Waals surface area contributed by atoms with E-state index in [4.69, 9.17) is 16.3 Å². The van der Waals surface area contributed by atoms with Crippen LogP contribution in [0.1, 0.15) is 18.6 Å². The first kappa shape index (κ1) is 15.2. The molecule has 2 rings (SSSR count). The van der Waals surface area contributed by atoms with E-state index in [1.807, 2.05) is 0 Å². The van der Waals surface area contributed by atoms with Crippen LogP contribution in [-0.2, 0) is 0 Å². The summed E-state index contributed by atoms with van der Waals surface area (Å²) in [6.07, 6.45) is -0.795. The summed E-state index contributed by atoms with van der Waals surface area (Å²) in [5.41, 5.74) is 0.229. The Balaban J connectivity index is 2.28. The minimum Gasteiger partial charge on any atom is -0.453 e. The van der Waals surface area contributed by atoms with E-state index in [1.54, 1.807) is 0 Å². The van der Waals surface area contributed by atoms with Crippen molar-refractivity contribution < 1.29 is 19.2 Å². The van der Waals surface area contributed by atoms with Gasteiger partial charge in [0.1, 0.15) is 5.75 Å². The van der Waals surface area contributed by atoms with Gasteiger partial charge in [-0.05, 0) is 30.7 Å². The van der Waals surface area contributed by atoms with Crippen molar-refractivity contribution in [3.05, 3.63) is 62.9 Å². The van der Waals surface area contributed by atoms with Crippen molar-refractivity contribution in [2.75, 3.05) is 0 Å². The summed E-state index contributed by atoms with van der Waals surface area (Å²) in [6, 6.07) is 7.65. The molecule has 0 unspecified atom stereocenters. The fraction of sp³-hybridized carbons (Fsp3) is 0.143. The standard InChI is InChI=1S/C14H11ClFNO4/c1-8(18)9-2-4-14(12(16)6-9)21-13-5-3-10(17(19)20)7-11(13)15/h2-8,18H,1H3/t8-/m0/s1. The number of nitrogens with zero attached hydrogens (tertiary/aromatic N) is 1. The lowest BCUT2D eigenvalue weighted by Crippen LogP contribution is -1.95. The number of halogens is 2. The molecule has 1 N–H and O–H groups in total. The van der Waals surface area contributed by atoms with Crippen LogP contribution in [0.3, 0.4) is 0 Å². The summed E-state index contributed by atoms with van der Waals surface area (Å²) in [6.45, 7) is 1.52. The van der Waals surface area contributed by atoms with Gasteiger partial charge in [-0.1, -0.05) is 17.7 Å². The van der Waals surface area contributed by atoms with Gasteiger partial charge in [0.2, 0.25) is 0 Å². The minimum absolute atomic E-state index is 0.00297. The van der Waals surface area contributed by atoms with E-state index < -0.39 is 16.8 Å². The third-order valence-corrected chi connectivity index (χ3v) is 3.08. The van der Waals surface area contributed by atoms with Crippen LogP contribution in [0.5, 0.6) is 11.5 Å². The first-order valence-corrected chi connectivity index (χ1v) is 6.35. The van der Waals surface area contributed by atoms with Crippen molar-refractivity contribution in [2.24, 2.45) is 0 Å². The van der Waals surface area contributed by atoms with Crippen molar-refractivity contribution >= 4 is 17.3 Å². The van der Waals surface area contributed by atoms with E-state index in [9.17, 15) is 19.6 Å². The lowest BCUT2D eigenvalue weighted by atomic mass is 10.1. The van der Waals surface area contributed by atoms with E-state index in [0.29, 0.717) is 5.56 Å². The van der Waals surface area contributed by atoms with Gasteiger partial charge in [-0.3, -0.25) is 10.1 Å². The summed E-state index contributed by atoms with van der Waals surface area (Å²) >= 11 is 5.87. The Morgan fingerprint density at radius 1 is 1.29 bits per heavy atom. The third-order valence-electron chi connectivity index (χ3n) is 2.78. The first-order chi connectivity index (χ1) is 9.88. The van der Waals surface area contributed by atoms with Gasteiger partial charge < -0.3 is 9.84 Å². The minimum atomic E-state index is -0.795. The monoisotopic (exact) mass is 311 g/mol. The summed E-state index contributed by atoms with van der Waals surface area (Å²) < 4.78 is 19.1. The van der Waals surface area contributed by atoms with Crippen LogP contribution >= 0.6 is 11.6 Å². The van der Waals surface area contributed by atoms with E-state index in [-0.39, 0.29) is 22.2 Å². The highest BCUT2D eigenvalue weighted by atomic mass is 35.5. The van der Waals surface area contributed by atoms with Crippen LogP contribution < -0.4 is 4.74 Å². The van der Waals surface area contributed by atoms with Gasteiger partial charge in [-0.25, -0.2) is 4.39 Å². The average Bonchev–Trinajstić information content (AvgIpc) is 2.42. The molecule has 0 saturated heterocycles. The molecule has 2 aromatic rings. The predicted molar refractivity (Wildman–Crippen MR) is 75.2 cm³/mol. The van der Waals surface area contributed by atoms with Crippen molar-refractivity contribution in [2.45, 2.75) is 13.0 Å². The molecule has 0 aliphatic rings. The topological polar surface area (TPSA) is 72.6 Å². The maximum atomic E-state index is 13.8. The largest absolute Gasteiger partial charge is 0.453 e. The maximum absolute atomic E-state index is 13.8. The molecule has 5 nitrogen and oxygen atoms in total. The van der Waals surface area contributed by atoms with Crippen LogP contribution in [0.2, 0.25) is 5.02 Å². The fourth-order valence-electron chi connectivity index (χ4n) is 1.66. The quantitative estimate of drug-likeness (QED) is 0.677. The molecule has 2 aromatic carbocycles. The number of non-ortho nitro benzene ring substituents is 1. The number of aliphatic hydroxyl groups excluding tert-OH is 1. The molecular weight excluding hydrogens is 301 g/mol. The van der Waals surface area contributed by atoms with Gasteiger partial charge in [0.25, 0.3) is 5.69 Å². The summed E-state index contributed by atoms with van der Waals surface area (Å²) in [5.74, 6) is -0.649. The Labute approximate surface area is 124 Å². The van der Waals surface area contributed by atoms with Crippen molar-refractivity contribution in [1.82, 2.24) is 0 Å². The zero-order valence-electron chi connectivity index (χ0n) is 10.9. The molecule has 0 bridgehead atoms. The zero-order chi connectivity index (χ0) is 15.6. The summed E-state index contributed by atoms with van der Waals surface area (Å²) in [4.78, 5) is 10.0. The smallest absolute Gasteiger partial charge is 0.271 e. The molecule has 0 radical (unpaired) electrons. The van der Waals surface area contributed by atoms with Crippen LogP contribution in [0.15, 0.2) is 36.4 Å². The molecule has 0 amide bonds. The van der Waals surface area contributed by atoms with Gasteiger partial charge in [0, 0.05) is 12.1 Å². The molecule has 0 fully saturated rings. The number of aliphatic hydroxyl groups is 1. The highest BCUT2D eigenvalue weighted by Gasteiger charge is 2.13. The highest BCUT2D eigenvalue weighted by molar-refractivity contribution is 6.32. The second-order valence-electron chi connectivity index (χ2n) is 4.34. The van der Waals surface area contributed by atoms with Crippen molar-refractivity contribution in [1.29, 1.82) is 0 Å². The molecule has 0 saturated carbocycles. The molecule has 0 spiro atoms. The molecule has 1 atom stereocenters. The Bertz CT molecular complexity index is 691. The van der Waals surface area contributed by atoms with Crippen LogP contribution in [-0.4, -0.2) is 10.0 Å². The maximum Gasteiger partial charge on any atom is 0.271 e. The molecule has 0 aromatic heterocycles. The Morgan fingerprint density at radius 3 is 2.48 bits per heavy atom. The predicted octanol–water partition coefficient (Wildman–Crippen LogP) is 4.23. The number of hydrogen-bond donors (Lipinski definition) is 1. The normalized spacial score (nSPS) is 12.0. The molecule has 7 heteroatoms. The lowest BCUT2D eigenvalue weighted by Gasteiger charge is -2.10. The van der Waals surface area contributed by atoms with E-state index >= 15 is 0 Å². The average molecular weight is 312 g/mol. The van der Waals surface area contributed by atoms with Gasteiger partial charge in [0.05, 0.1) is 16.0 Å². The second kappa shape index (κ2) is 6.07. The molecule has 21 heavy (non-hydrogen) atoms. The number of rotatable bonds is 4. The van der Waals surface area contributed by atoms with E-state index in [2.05, 4.69) is 0 Å². The highest BCUT2D eigenvalue weighted by Crippen LogP contribution is 2.34. The van der Waals surface area contributed by atoms with Gasteiger partial charge in [-0.2, -0.15) is 0 Å². The number of ether oxygens (including phenoxy) is 1. The molecule has 0 aliphatic heterocycles. The van der Waals surface area contributed by atoms with Gasteiger partial charge >= 0.3 is 0 Å². The SMILES string of the molecule is C[C@H](O)c1ccc(Oc2ccc([N+](=O)[O-])cc2Cl)c(F)c1. The molecule has 0 heterocycles. The Kier molecular flexibility index (Phi) is 4.40. The number of nitro benzene ring substituents is 1. The number of benzene rings is 2. The van der Waals surface area contributed by atoms with E-state index in [0.717, 1.165) is 12.1 Å². The lowest BCUT2D eigenvalue weighted by molar-refractivity contribution is -0.384. The van der Waals surface area contributed by atoms with Crippen LogP contribution in [0, 0.1) is 15.9 Å². The second-order valence-corrected chi connectivity index (χ2v) is 4.75. The van der Waals surface area contributed by atoms with Gasteiger partial charge in [-0.15, -0.1) is 0 Å². The Morgan fingerprint density at radius 2 is 1.95 bits per heavy atom. The Hall–Kier alpha value is -2.18.